The fourth-order valence-corrected chi connectivity index (χ4v) is 3.08. The monoisotopic (exact) mass is 289 g/mol. The number of aromatic nitrogens is 1. The SMILES string of the molecule is CCN(CCCN(C)C)C(C)c1nc(CCl)cs1. The average Bonchev–Trinajstić information content (AvgIpc) is 2.82. The van der Waals surface area contributed by atoms with Gasteiger partial charge in [-0.05, 0) is 40.5 Å². The van der Waals surface area contributed by atoms with Gasteiger partial charge in [-0.2, -0.15) is 0 Å². The second kappa shape index (κ2) is 8.10. The zero-order chi connectivity index (χ0) is 13.5. The minimum atomic E-state index is 0.388. The number of hydrogen-bond donors (Lipinski definition) is 0. The molecular formula is C13H24ClN3S. The molecule has 0 aliphatic carbocycles. The van der Waals surface area contributed by atoms with E-state index in [2.05, 4.69) is 48.1 Å². The normalized spacial score (nSPS) is 13.5. The lowest BCUT2D eigenvalue weighted by molar-refractivity contribution is 0.209. The highest BCUT2D eigenvalue weighted by molar-refractivity contribution is 7.09. The lowest BCUT2D eigenvalue weighted by Crippen LogP contribution is -2.29. The van der Waals surface area contributed by atoms with Crippen LogP contribution in [0.5, 0.6) is 0 Å². The van der Waals surface area contributed by atoms with Crippen LogP contribution in [-0.4, -0.2) is 48.5 Å². The van der Waals surface area contributed by atoms with Crippen molar-refractivity contribution < 1.29 is 0 Å². The Morgan fingerprint density at radius 2 is 2.11 bits per heavy atom. The zero-order valence-electron chi connectivity index (χ0n) is 11.8. The summed E-state index contributed by atoms with van der Waals surface area (Å²) in [6.45, 7) is 7.75. The van der Waals surface area contributed by atoms with Gasteiger partial charge in [-0.15, -0.1) is 22.9 Å². The predicted octanol–water partition coefficient (Wildman–Crippen LogP) is 3.22. The van der Waals surface area contributed by atoms with Gasteiger partial charge in [0.25, 0.3) is 0 Å². The zero-order valence-corrected chi connectivity index (χ0v) is 13.4. The second-order valence-corrected chi connectivity index (χ2v) is 5.93. The van der Waals surface area contributed by atoms with Crippen molar-refractivity contribution in [2.45, 2.75) is 32.2 Å². The molecule has 1 unspecified atom stereocenters. The van der Waals surface area contributed by atoms with Crippen LogP contribution < -0.4 is 0 Å². The van der Waals surface area contributed by atoms with Crippen molar-refractivity contribution in [1.82, 2.24) is 14.8 Å². The lowest BCUT2D eigenvalue weighted by atomic mass is 10.2. The van der Waals surface area contributed by atoms with E-state index in [1.54, 1.807) is 11.3 Å². The molecule has 0 aromatic carbocycles. The van der Waals surface area contributed by atoms with Crippen molar-refractivity contribution in [3.63, 3.8) is 0 Å². The third-order valence-electron chi connectivity index (χ3n) is 3.07. The molecule has 0 amide bonds. The molecule has 1 atom stereocenters. The summed E-state index contributed by atoms with van der Waals surface area (Å²) in [5.74, 6) is 0.510. The second-order valence-electron chi connectivity index (χ2n) is 4.77. The molecule has 5 heteroatoms. The molecule has 1 rings (SSSR count). The van der Waals surface area contributed by atoms with Crippen molar-refractivity contribution in [3.8, 4) is 0 Å². The molecule has 1 heterocycles. The van der Waals surface area contributed by atoms with E-state index in [0.29, 0.717) is 11.9 Å². The summed E-state index contributed by atoms with van der Waals surface area (Å²) in [5, 5.41) is 3.24. The smallest absolute Gasteiger partial charge is 0.110 e. The van der Waals surface area contributed by atoms with Gasteiger partial charge >= 0.3 is 0 Å². The highest BCUT2D eigenvalue weighted by Gasteiger charge is 2.17. The molecule has 0 spiro atoms. The van der Waals surface area contributed by atoms with Gasteiger partial charge in [0.1, 0.15) is 5.01 Å². The Kier molecular flexibility index (Phi) is 7.15. The standard InChI is InChI=1S/C13H24ClN3S/c1-5-17(8-6-7-16(3)4)11(2)13-15-12(9-14)10-18-13/h10-11H,5-9H2,1-4H3. The van der Waals surface area contributed by atoms with Crippen molar-refractivity contribution in [1.29, 1.82) is 0 Å². The molecule has 0 radical (unpaired) electrons. The minimum Gasteiger partial charge on any atom is -0.309 e. The predicted molar refractivity (Wildman–Crippen MR) is 80.5 cm³/mol. The Bertz CT molecular complexity index is 341. The van der Waals surface area contributed by atoms with Gasteiger partial charge in [0.15, 0.2) is 0 Å². The molecular weight excluding hydrogens is 266 g/mol. The molecule has 0 aliphatic heterocycles. The molecule has 0 aliphatic rings. The third kappa shape index (κ3) is 4.84. The van der Waals surface area contributed by atoms with Gasteiger partial charge in [0.05, 0.1) is 17.6 Å². The summed E-state index contributed by atoms with van der Waals surface area (Å²) in [6, 6.07) is 0.388. The Hall–Kier alpha value is -0.160. The van der Waals surface area contributed by atoms with Crippen molar-refractivity contribution in [2.24, 2.45) is 0 Å². The summed E-state index contributed by atoms with van der Waals surface area (Å²) in [6.07, 6.45) is 1.19. The molecule has 0 saturated heterocycles. The van der Waals surface area contributed by atoms with Crippen LogP contribution in [0.4, 0.5) is 0 Å². The molecule has 1 aromatic heterocycles. The van der Waals surface area contributed by atoms with E-state index < -0.39 is 0 Å². The number of halogens is 1. The number of hydrogen-bond acceptors (Lipinski definition) is 4. The molecule has 1 aromatic rings. The van der Waals surface area contributed by atoms with Crippen LogP contribution in [0.3, 0.4) is 0 Å². The highest BCUT2D eigenvalue weighted by atomic mass is 35.5. The van der Waals surface area contributed by atoms with Crippen LogP contribution in [0.15, 0.2) is 5.38 Å². The van der Waals surface area contributed by atoms with E-state index in [1.807, 2.05) is 0 Å². The molecule has 0 N–H and O–H groups in total. The topological polar surface area (TPSA) is 19.4 Å². The maximum atomic E-state index is 5.80. The van der Waals surface area contributed by atoms with Gasteiger partial charge in [0, 0.05) is 11.9 Å². The maximum absolute atomic E-state index is 5.80. The largest absolute Gasteiger partial charge is 0.309 e. The molecule has 3 nitrogen and oxygen atoms in total. The number of alkyl halides is 1. The van der Waals surface area contributed by atoms with Crippen LogP contribution in [0.2, 0.25) is 0 Å². The fourth-order valence-electron chi connectivity index (χ4n) is 1.95. The summed E-state index contributed by atoms with van der Waals surface area (Å²) in [5.41, 5.74) is 0.993. The van der Waals surface area contributed by atoms with Crippen LogP contribution in [0, 0.1) is 0 Å². The number of rotatable bonds is 8. The molecule has 0 fully saturated rings. The number of thiazole rings is 1. The summed E-state index contributed by atoms with van der Waals surface area (Å²) in [7, 11) is 4.24. The van der Waals surface area contributed by atoms with E-state index >= 15 is 0 Å². The summed E-state index contributed by atoms with van der Waals surface area (Å²) >= 11 is 7.52. The molecule has 0 bridgehead atoms. The Morgan fingerprint density at radius 3 is 2.61 bits per heavy atom. The van der Waals surface area contributed by atoms with E-state index in [9.17, 15) is 0 Å². The van der Waals surface area contributed by atoms with E-state index in [4.69, 9.17) is 11.6 Å². The van der Waals surface area contributed by atoms with Crippen molar-refractivity contribution in [2.75, 3.05) is 33.7 Å². The van der Waals surface area contributed by atoms with Crippen LogP contribution in [0.25, 0.3) is 0 Å². The van der Waals surface area contributed by atoms with Crippen LogP contribution in [0.1, 0.15) is 37.0 Å². The first-order chi connectivity index (χ1) is 8.58. The van der Waals surface area contributed by atoms with E-state index in [0.717, 1.165) is 25.3 Å². The summed E-state index contributed by atoms with van der Waals surface area (Å²) < 4.78 is 0. The Morgan fingerprint density at radius 1 is 1.39 bits per heavy atom. The fraction of sp³-hybridized carbons (Fsp3) is 0.769. The Balaban J connectivity index is 2.52. The average molecular weight is 290 g/mol. The summed E-state index contributed by atoms with van der Waals surface area (Å²) in [4.78, 5) is 9.28. The Labute approximate surface area is 120 Å². The maximum Gasteiger partial charge on any atom is 0.110 e. The van der Waals surface area contributed by atoms with Gasteiger partial charge in [-0.1, -0.05) is 6.92 Å². The van der Waals surface area contributed by atoms with Crippen molar-refractivity contribution in [3.05, 3.63) is 16.1 Å². The quantitative estimate of drug-likeness (QED) is 0.685. The third-order valence-corrected chi connectivity index (χ3v) is 4.41. The van der Waals surface area contributed by atoms with Crippen LogP contribution in [-0.2, 0) is 5.88 Å². The van der Waals surface area contributed by atoms with E-state index in [1.165, 1.54) is 11.4 Å². The molecule has 104 valence electrons. The van der Waals surface area contributed by atoms with Gasteiger partial charge in [0.2, 0.25) is 0 Å². The highest BCUT2D eigenvalue weighted by Crippen LogP contribution is 2.24. The van der Waals surface area contributed by atoms with Gasteiger partial charge in [-0.25, -0.2) is 4.98 Å². The number of nitrogens with zero attached hydrogens (tertiary/aromatic N) is 3. The lowest BCUT2D eigenvalue weighted by Gasteiger charge is -2.26. The van der Waals surface area contributed by atoms with Gasteiger partial charge < -0.3 is 4.90 Å². The minimum absolute atomic E-state index is 0.388. The van der Waals surface area contributed by atoms with Crippen molar-refractivity contribution >= 4 is 22.9 Å². The first-order valence-corrected chi connectivity index (χ1v) is 7.89. The van der Waals surface area contributed by atoms with Gasteiger partial charge in [-0.3, -0.25) is 4.90 Å². The van der Waals surface area contributed by atoms with E-state index in [-0.39, 0.29) is 0 Å². The molecule has 18 heavy (non-hydrogen) atoms. The molecule has 0 saturated carbocycles. The first kappa shape index (κ1) is 15.9. The first-order valence-electron chi connectivity index (χ1n) is 6.47. The van der Waals surface area contributed by atoms with Crippen LogP contribution >= 0.6 is 22.9 Å².